The molecular formula is C14H16O7. The monoisotopic (exact) mass is 296 g/mol. The molecule has 0 saturated heterocycles. The van der Waals surface area contributed by atoms with Crippen LogP contribution in [0.25, 0.3) is 0 Å². The highest BCUT2D eigenvalue weighted by Gasteiger charge is 2.22. The Morgan fingerprint density at radius 2 is 1.43 bits per heavy atom. The summed E-state index contributed by atoms with van der Waals surface area (Å²) in [7, 11) is 5.32. The van der Waals surface area contributed by atoms with Crippen LogP contribution in [0.4, 0.5) is 0 Å². The van der Waals surface area contributed by atoms with Crippen LogP contribution in [0.15, 0.2) is 12.1 Å². The van der Waals surface area contributed by atoms with Crippen LogP contribution in [0, 0.1) is 0 Å². The van der Waals surface area contributed by atoms with Gasteiger partial charge in [-0.3, -0.25) is 9.59 Å². The standard InChI is InChI=1S/C14H16O7/c1-18-11-5-8(6-12(19-2)13(11)20-3)9(15)7-10(16)14(17)21-4/h5-6H,7H2,1-4H3. The molecule has 0 heterocycles. The maximum absolute atomic E-state index is 12.0. The average molecular weight is 296 g/mol. The Balaban J connectivity index is 3.10. The minimum atomic E-state index is -1.06. The van der Waals surface area contributed by atoms with Crippen molar-refractivity contribution in [2.75, 3.05) is 28.4 Å². The van der Waals surface area contributed by atoms with E-state index in [1.54, 1.807) is 0 Å². The fraction of sp³-hybridized carbons (Fsp3) is 0.357. The molecule has 0 aliphatic rings. The minimum absolute atomic E-state index is 0.168. The highest BCUT2D eigenvalue weighted by molar-refractivity contribution is 6.38. The van der Waals surface area contributed by atoms with Crippen LogP contribution in [0.5, 0.6) is 17.2 Å². The predicted molar refractivity (Wildman–Crippen MR) is 72.1 cm³/mol. The van der Waals surface area contributed by atoms with Gasteiger partial charge in [-0.1, -0.05) is 0 Å². The van der Waals surface area contributed by atoms with E-state index in [4.69, 9.17) is 14.2 Å². The molecule has 0 radical (unpaired) electrons. The van der Waals surface area contributed by atoms with E-state index < -0.39 is 24.0 Å². The van der Waals surface area contributed by atoms with Crippen LogP contribution in [-0.2, 0) is 14.3 Å². The third kappa shape index (κ3) is 3.71. The van der Waals surface area contributed by atoms with Gasteiger partial charge in [-0.2, -0.15) is 0 Å². The van der Waals surface area contributed by atoms with Crippen molar-refractivity contribution in [3.8, 4) is 17.2 Å². The molecule has 114 valence electrons. The summed E-state index contributed by atoms with van der Waals surface area (Å²) in [6.07, 6.45) is -0.592. The number of carbonyl (C=O) groups excluding carboxylic acids is 3. The van der Waals surface area contributed by atoms with Crippen LogP contribution in [0.1, 0.15) is 16.8 Å². The normalized spacial score (nSPS) is 9.71. The van der Waals surface area contributed by atoms with E-state index in [9.17, 15) is 14.4 Å². The van der Waals surface area contributed by atoms with E-state index >= 15 is 0 Å². The van der Waals surface area contributed by atoms with Gasteiger partial charge in [-0.05, 0) is 12.1 Å². The zero-order valence-corrected chi connectivity index (χ0v) is 12.2. The summed E-state index contributed by atoms with van der Waals surface area (Å²) < 4.78 is 19.6. The molecule has 1 rings (SSSR count). The van der Waals surface area contributed by atoms with Gasteiger partial charge in [0.1, 0.15) is 0 Å². The molecule has 0 fully saturated rings. The second kappa shape index (κ2) is 7.28. The lowest BCUT2D eigenvalue weighted by Gasteiger charge is -2.13. The zero-order chi connectivity index (χ0) is 16.0. The van der Waals surface area contributed by atoms with Gasteiger partial charge in [-0.25, -0.2) is 4.79 Å². The SMILES string of the molecule is COC(=O)C(=O)CC(=O)c1cc(OC)c(OC)c(OC)c1. The predicted octanol–water partition coefficient (Wildman–Crippen LogP) is 1.03. The Morgan fingerprint density at radius 3 is 1.81 bits per heavy atom. The average Bonchev–Trinajstić information content (AvgIpc) is 2.51. The molecule has 1 aromatic carbocycles. The Labute approximate surface area is 121 Å². The number of Topliss-reactive ketones (excluding diaryl/α,β-unsaturated/α-hetero) is 2. The number of methoxy groups -OCH3 is 4. The number of benzene rings is 1. The van der Waals surface area contributed by atoms with Crippen LogP contribution < -0.4 is 14.2 Å². The molecule has 0 atom stereocenters. The van der Waals surface area contributed by atoms with E-state index in [2.05, 4.69) is 4.74 Å². The fourth-order valence-electron chi connectivity index (χ4n) is 1.68. The number of esters is 1. The zero-order valence-electron chi connectivity index (χ0n) is 12.2. The topological polar surface area (TPSA) is 88.1 Å². The molecule has 0 aromatic heterocycles. The molecule has 7 nitrogen and oxygen atoms in total. The van der Waals surface area contributed by atoms with Crippen molar-refractivity contribution in [2.24, 2.45) is 0 Å². The molecule has 0 spiro atoms. The summed E-state index contributed by atoms with van der Waals surface area (Å²) in [6, 6.07) is 2.82. The molecule has 0 aliphatic heterocycles. The first-order valence-electron chi connectivity index (χ1n) is 5.92. The van der Waals surface area contributed by atoms with Gasteiger partial charge in [0.15, 0.2) is 17.3 Å². The second-order valence-electron chi connectivity index (χ2n) is 3.93. The quantitative estimate of drug-likeness (QED) is 0.321. The first-order valence-corrected chi connectivity index (χ1v) is 5.92. The Kier molecular flexibility index (Phi) is 5.71. The summed E-state index contributed by atoms with van der Waals surface area (Å²) in [4.78, 5) is 34.5. The lowest BCUT2D eigenvalue weighted by molar-refractivity contribution is -0.151. The van der Waals surface area contributed by atoms with Crippen molar-refractivity contribution in [1.82, 2.24) is 0 Å². The number of rotatable bonds is 7. The van der Waals surface area contributed by atoms with Gasteiger partial charge in [0, 0.05) is 5.56 Å². The molecule has 0 unspecified atom stereocenters. The molecule has 0 saturated carbocycles. The van der Waals surface area contributed by atoms with Gasteiger partial charge < -0.3 is 18.9 Å². The molecule has 0 N–H and O–H groups in total. The smallest absolute Gasteiger partial charge is 0.374 e. The number of hydrogen-bond donors (Lipinski definition) is 0. The van der Waals surface area contributed by atoms with Crippen molar-refractivity contribution in [2.45, 2.75) is 6.42 Å². The van der Waals surface area contributed by atoms with E-state index in [0.29, 0.717) is 5.75 Å². The van der Waals surface area contributed by atoms with Gasteiger partial charge in [0.2, 0.25) is 11.5 Å². The van der Waals surface area contributed by atoms with Crippen molar-refractivity contribution < 1.29 is 33.3 Å². The van der Waals surface area contributed by atoms with Crippen molar-refractivity contribution in [3.63, 3.8) is 0 Å². The van der Waals surface area contributed by atoms with E-state index in [1.165, 1.54) is 33.5 Å². The van der Waals surface area contributed by atoms with E-state index in [1.807, 2.05) is 0 Å². The first-order chi connectivity index (χ1) is 9.98. The summed E-state index contributed by atoms with van der Waals surface area (Å²) in [5.74, 6) is -1.64. The maximum Gasteiger partial charge on any atom is 0.374 e. The third-order valence-electron chi connectivity index (χ3n) is 2.72. The van der Waals surface area contributed by atoms with Crippen molar-refractivity contribution in [1.29, 1.82) is 0 Å². The second-order valence-corrected chi connectivity index (χ2v) is 3.93. The van der Waals surface area contributed by atoms with Crippen LogP contribution in [0.2, 0.25) is 0 Å². The fourth-order valence-corrected chi connectivity index (χ4v) is 1.68. The Hall–Kier alpha value is -2.57. The highest BCUT2D eigenvalue weighted by atomic mass is 16.5. The minimum Gasteiger partial charge on any atom is -0.493 e. The van der Waals surface area contributed by atoms with Gasteiger partial charge in [0.05, 0.1) is 34.9 Å². The van der Waals surface area contributed by atoms with E-state index in [-0.39, 0.29) is 17.1 Å². The Morgan fingerprint density at radius 1 is 0.905 bits per heavy atom. The number of ether oxygens (including phenoxy) is 4. The van der Waals surface area contributed by atoms with Crippen LogP contribution in [0.3, 0.4) is 0 Å². The maximum atomic E-state index is 12.0. The van der Waals surface area contributed by atoms with Crippen LogP contribution >= 0.6 is 0 Å². The van der Waals surface area contributed by atoms with Gasteiger partial charge >= 0.3 is 5.97 Å². The lowest BCUT2D eigenvalue weighted by Crippen LogP contribution is -2.19. The number of carbonyl (C=O) groups is 3. The van der Waals surface area contributed by atoms with E-state index in [0.717, 1.165) is 7.11 Å². The first kappa shape index (κ1) is 16.5. The summed E-state index contributed by atoms with van der Waals surface area (Å²) in [6.45, 7) is 0. The van der Waals surface area contributed by atoms with Crippen molar-refractivity contribution >= 4 is 17.5 Å². The molecule has 0 bridgehead atoms. The summed E-state index contributed by atoms with van der Waals surface area (Å²) in [5.41, 5.74) is 0.168. The van der Waals surface area contributed by atoms with Gasteiger partial charge in [0.25, 0.3) is 0 Å². The molecule has 0 amide bonds. The molecule has 7 heteroatoms. The number of ketones is 2. The summed E-state index contributed by atoms with van der Waals surface area (Å²) in [5, 5.41) is 0. The highest BCUT2D eigenvalue weighted by Crippen LogP contribution is 2.38. The van der Waals surface area contributed by atoms with Crippen LogP contribution in [-0.4, -0.2) is 46.0 Å². The third-order valence-corrected chi connectivity index (χ3v) is 2.72. The number of hydrogen-bond acceptors (Lipinski definition) is 7. The Bertz CT molecular complexity index is 537. The van der Waals surface area contributed by atoms with Gasteiger partial charge in [-0.15, -0.1) is 0 Å². The van der Waals surface area contributed by atoms with Crippen molar-refractivity contribution in [3.05, 3.63) is 17.7 Å². The molecule has 21 heavy (non-hydrogen) atoms. The summed E-state index contributed by atoms with van der Waals surface area (Å²) >= 11 is 0. The molecule has 1 aromatic rings. The molecular weight excluding hydrogens is 280 g/mol. The largest absolute Gasteiger partial charge is 0.493 e. The lowest BCUT2D eigenvalue weighted by atomic mass is 10.0. The molecule has 0 aliphatic carbocycles.